The van der Waals surface area contributed by atoms with Crippen molar-refractivity contribution in [3.63, 3.8) is 0 Å². The standard InChI is InChI=1S/C6H9O2/c1-3-5-6(7)8-4-2/h3,5H,2,4H2,1H3/b5-3-. The summed E-state index contributed by atoms with van der Waals surface area (Å²) in [5.74, 6) is -0.331. The van der Waals surface area contributed by atoms with Gasteiger partial charge in [-0.25, -0.2) is 4.79 Å². The summed E-state index contributed by atoms with van der Waals surface area (Å²) in [5.41, 5.74) is 0. The van der Waals surface area contributed by atoms with Gasteiger partial charge in [-0.05, 0) is 13.8 Å². The summed E-state index contributed by atoms with van der Waals surface area (Å²) in [6.07, 6.45) is 2.98. The van der Waals surface area contributed by atoms with E-state index in [9.17, 15) is 4.79 Å². The molecule has 0 atom stereocenters. The lowest BCUT2D eigenvalue weighted by atomic mass is 10.5. The lowest BCUT2D eigenvalue weighted by molar-refractivity contribution is -0.136. The molecule has 0 aliphatic rings. The topological polar surface area (TPSA) is 26.3 Å². The van der Waals surface area contributed by atoms with Crippen LogP contribution in [0.5, 0.6) is 0 Å². The molecular formula is C6H9O2. The monoisotopic (exact) mass is 113 g/mol. The fourth-order valence-corrected chi connectivity index (χ4v) is 0.285. The predicted molar refractivity (Wildman–Crippen MR) is 31.1 cm³/mol. The van der Waals surface area contributed by atoms with Crippen molar-refractivity contribution in [3.05, 3.63) is 19.1 Å². The highest BCUT2D eigenvalue weighted by Crippen LogP contribution is 1.78. The van der Waals surface area contributed by atoms with E-state index in [1.165, 1.54) is 6.08 Å². The minimum absolute atomic E-state index is 0.198. The first kappa shape index (κ1) is 7.21. The first-order valence-corrected chi connectivity index (χ1v) is 2.40. The number of allylic oxidation sites excluding steroid dienone is 1. The zero-order valence-corrected chi connectivity index (χ0v) is 4.89. The second-order valence-corrected chi connectivity index (χ2v) is 1.17. The lowest BCUT2D eigenvalue weighted by Crippen LogP contribution is -1.98. The molecule has 0 aromatic rings. The van der Waals surface area contributed by atoms with E-state index in [1.54, 1.807) is 13.0 Å². The normalized spacial score (nSPS) is 9.75. The van der Waals surface area contributed by atoms with Crippen LogP contribution in [0.3, 0.4) is 0 Å². The summed E-state index contributed by atoms with van der Waals surface area (Å²) in [6.45, 7) is 5.28. The molecule has 0 fully saturated rings. The summed E-state index contributed by atoms with van der Waals surface area (Å²) in [7, 11) is 0. The van der Waals surface area contributed by atoms with E-state index < -0.39 is 0 Å². The maximum Gasteiger partial charge on any atom is 0.330 e. The molecule has 0 N–H and O–H groups in total. The van der Waals surface area contributed by atoms with E-state index in [4.69, 9.17) is 0 Å². The van der Waals surface area contributed by atoms with Gasteiger partial charge in [0.05, 0.1) is 6.61 Å². The third-order valence-corrected chi connectivity index (χ3v) is 0.547. The van der Waals surface area contributed by atoms with Gasteiger partial charge < -0.3 is 4.74 Å². The van der Waals surface area contributed by atoms with E-state index in [0.717, 1.165) is 0 Å². The first-order valence-electron chi connectivity index (χ1n) is 2.40. The van der Waals surface area contributed by atoms with Crippen LogP contribution in [-0.2, 0) is 9.53 Å². The van der Waals surface area contributed by atoms with Crippen LogP contribution in [0.2, 0.25) is 0 Å². The Morgan fingerprint density at radius 3 is 2.88 bits per heavy atom. The number of carbonyl (C=O) groups excluding carboxylic acids is 1. The van der Waals surface area contributed by atoms with Gasteiger partial charge >= 0.3 is 5.97 Å². The SMILES string of the molecule is [CH2]COC(=O)/C=C\C. The Kier molecular flexibility index (Phi) is 3.94. The largest absolute Gasteiger partial charge is 0.463 e. The first-order chi connectivity index (χ1) is 3.81. The molecule has 0 aromatic heterocycles. The minimum atomic E-state index is -0.331. The molecule has 0 aliphatic carbocycles. The van der Waals surface area contributed by atoms with Crippen LogP contribution in [0.15, 0.2) is 12.2 Å². The van der Waals surface area contributed by atoms with Gasteiger partial charge in [0.2, 0.25) is 0 Å². The van der Waals surface area contributed by atoms with Crippen molar-refractivity contribution in [1.82, 2.24) is 0 Å². The molecule has 0 spiro atoms. The molecule has 2 heteroatoms. The zero-order chi connectivity index (χ0) is 6.41. The van der Waals surface area contributed by atoms with Crippen molar-refractivity contribution in [2.45, 2.75) is 6.92 Å². The van der Waals surface area contributed by atoms with Crippen molar-refractivity contribution in [3.8, 4) is 0 Å². The van der Waals surface area contributed by atoms with Crippen LogP contribution in [-0.4, -0.2) is 12.6 Å². The highest BCUT2D eigenvalue weighted by Gasteiger charge is 1.88. The van der Waals surface area contributed by atoms with E-state index in [2.05, 4.69) is 11.7 Å². The van der Waals surface area contributed by atoms with Gasteiger partial charge in [0.15, 0.2) is 0 Å². The van der Waals surface area contributed by atoms with Gasteiger partial charge in [-0.2, -0.15) is 0 Å². The molecule has 0 unspecified atom stereocenters. The van der Waals surface area contributed by atoms with Crippen LogP contribution in [0.25, 0.3) is 0 Å². The van der Waals surface area contributed by atoms with Crippen LogP contribution in [0.4, 0.5) is 0 Å². The van der Waals surface area contributed by atoms with Crippen LogP contribution < -0.4 is 0 Å². The molecular weight excluding hydrogens is 104 g/mol. The lowest BCUT2D eigenvalue weighted by Gasteiger charge is -1.91. The number of rotatable bonds is 2. The highest BCUT2D eigenvalue weighted by molar-refractivity contribution is 5.81. The molecule has 1 radical (unpaired) electrons. The number of ether oxygens (including phenoxy) is 1. The van der Waals surface area contributed by atoms with Gasteiger partial charge in [0.1, 0.15) is 0 Å². The smallest absolute Gasteiger partial charge is 0.330 e. The van der Waals surface area contributed by atoms with Crippen LogP contribution >= 0.6 is 0 Å². The Bertz CT molecular complexity index is 94.7. The number of esters is 1. The Morgan fingerprint density at radius 2 is 2.50 bits per heavy atom. The van der Waals surface area contributed by atoms with Gasteiger partial charge in [0.25, 0.3) is 0 Å². The molecule has 0 bridgehead atoms. The van der Waals surface area contributed by atoms with Gasteiger partial charge in [-0.1, -0.05) is 6.08 Å². The van der Waals surface area contributed by atoms with Crippen LogP contribution in [0.1, 0.15) is 6.92 Å². The van der Waals surface area contributed by atoms with Crippen molar-refractivity contribution < 1.29 is 9.53 Å². The molecule has 0 aromatic carbocycles. The number of hydrogen-bond donors (Lipinski definition) is 0. The fourth-order valence-electron chi connectivity index (χ4n) is 0.285. The van der Waals surface area contributed by atoms with Crippen molar-refractivity contribution in [2.24, 2.45) is 0 Å². The molecule has 0 saturated heterocycles. The van der Waals surface area contributed by atoms with Crippen molar-refractivity contribution in [2.75, 3.05) is 6.61 Å². The summed E-state index contributed by atoms with van der Waals surface area (Å²) < 4.78 is 4.45. The van der Waals surface area contributed by atoms with E-state index in [0.29, 0.717) is 0 Å². The average Bonchev–Trinajstić information content (AvgIpc) is 1.68. The second kappa shape index (κ2) is 4.37. The predicted octanol–water partition coefficient (Wildman–Crippen LogP) is 0.940. The summed E-state index contributed by atoms with van der Waals surface area (Å²) in [5, 5.41) is 0. The van der Waals surface area contributed by atoms with E-state index in [-0.39, 0.29) is 12.6 Å². The maximum atomic E-state index is 10.3. The minimum Gasteiger partial charge on any atom is -0.463 e. The molecule has 45 valence electrons. The Morgan fingerprint density at radius 1 is 1.88 bits per heavy atom. The summed E-state index contributed by atoms with van der Waals surface area (Å²) in [4.78, 5) is 10.3. The second-order valence-electron chi connectivity index (χ2n) is 1.17. The molecule has 2 nitrogen and oxygen atoms in total. The van der Waals surface area contributed by atoms with Crippen LogP contribution in [0, 0.1) is 6.92 Å². The quantitative estimate of drug-likeness (QED) is 0.393. The van der Waals surface area contributed by atoms with Gasteiger partial charge in [-0.3, -0.25) is 0 Å². The maximum absolute atomic E-state index is 10.3. The third-order valence-electron chi connectivity index (χ3n) is 0.547. The highest BCUT2D eigenvalue weighted by atomic mass is 16.5. The number of hydrogen-bond acceptors (Lipinski definition) is 2. The van der Waals surface area contributed by atoms with E-state index >= 15 is 0 Å². The van der Waals surface area contributed by atoms with Gasteiger partial charge in [0, 0.05) is 6.08 Å². The molecule has 8 heavy (non-hydrogen) atoms. The zero-order valence-electron chi connectivity index (χ0n) is 4.89. The molecule has 0 rings (SSSR count). The number of carbonyl (C=O) groups is 1. The Balaban J connectivity index is 3.33. The Labute approximate surface area is 49.1 Å². The molecule has 0 aliphatic heterocycles. The van der Waals surface area contributed by atoms with Gasteiger partial charge in [-0.15, -0.1) is 0 Å². The van der Waals surface area contributed by atoms with E-state index in [1.807, 2.05) is 0 Å². The molecule has 0 heterocycles. The third kappa shape index (κ3) is 3.40. The molecule has 0 amide bonds. The molecule has 0 saturated carbocycles. The fraction of sp³-hybridized carbons (Fsp3) is 0.333. The van der Waals surface area contributed by atoms with Crippen molar-refractivity contribution in [1.29, 1.82) is 0 Å². The summed E-state index contributed by atoms with van der Waals surface area (Å²) in [6, 6.07) is 0. The Hall–Kier alpha value is -0.790. The summed E-state index contributed by atoms with van der Waals surface area (Å²) >= 11 is 0. The average molecular weight is 113 g/mol. The van der Waals surface area contributed by atoms with Crippen molar-refractivity contribution >= 4 is 5.97 Å².